The number of carbonyl (C=O) groups excluding carboxylic acids is 3. The van der Waals surface area contributed by atoms with Crippen LogP contribution in [0.2, 0.25) is 0 Å². The van der Waals surface area contributed by atoms with Gasteiger partial charge in [-0.3, -0.25) is 19.8 Å². The van der Waals surface area contributed by atoms with Gasteiger partial charge in [0.15, 0.2) is 0 Å². The Balaban J connectivity index is 1.40. The van der Waals surface area contributed by atoms with Gasteiger partial charge in [-0.05, 0) is 49.4 Å². The van der Waals surface area contributed by atoms with Crippen LogP contribution in [-0.2, 0) is 9.59 Å². The van der Waals surface area contributed by atoms with Gasteiger partial charge < -0.3 is 5.32 Å². The zero-order valence-electron chi connectivity index (χ0n) is 17.2. The first-order chi connectivity index (χ1) is 14.1. The monoisotopic (exact) mass is 399 g/mol. The van der Waals surface area contributed by atoms with Gasteiger partial charge in [-0.2, -0.15) is 0 Å². The molecule has 6 unspecified atom stereocenters. The Hall–Kier alpha value is -1.69. The Morgan fingerprint density at radius 3 is 2.41 bits per heavy atom. The molecule has 2 saturated heterocycles. The van der Waals surface area contributed by atoms with Crippen molar-refractivity contribution in [3.8, 4) is 0 Å². The first kappa shape index (κ1) is 19.3. The second kappa shape index (κ2) is 7.86. The Kier molecular flexibility index (Phi) is 5.23. The van der Waals surface area contributed by atoms with Crippen LogP contribution in [0, 0.1) is 23.7 Å². The van der Waals surface area contributed by atoms with Crippen LogP contribution in [0.1, 0.15) is 70.6 Å². The predicted octanol–water partition coefficient (Wildman–Crippen LogP) is 3.13. The number of hydrogen-bond donors (Lipinski definition) is 2. The number of carbonyl (C=O) groups is 3. The van der Waals surface area contributed by atoms with E-state index < -0.39 is 11.9 Å². The normalized spacial score (nSPS) is 41.9. The molecule has 158 valence electrons. The molecular weight excluding hydrogens is 366 g/mol. The molecule has 2 heterocycles. The molecule has 0 aromatic rings. The molecule has 0 radical (unpaired) electrons. The summed E-state index contributed by atoms with van der Waals surface area (Å²) in [5.41, 5.74) is 0.195. The van der Waals surface area contributed by atoms with Crippen molar-refractivity contribution < 1.29 is 14.4 Å². The summed E-state index contributed by atoms with van der Waals surface area (Å²) in [7, 11) is 0. The van der Waals surface area contributed by atoms with Crippen LogP contribution in [0.25, 0.3) is 0 Å². The number of urea groups is 1. The van der Waals surface area contributed by atoms with E-state index in [1.54, 1.807) is 0 Å². The SMILES string of the molecule is O=C1NC(=O)N(C2CCCC3CCCCC32)C(=O)/C1=C/C1CNC2CCCCC12. The second-order valence-electron chi connectivity index (χ2n) is 9.85. The van der Waals surface area contributed by atoms with Crippen molar-refractivity contribution in [2.75, 3.05) is 6.54 Å². The molecule has 0 aromatic carbocycles. The number of imide groups is 2. The van der Waals surface area contributed by atoms with Crippen molar-refractivity contribution in [1.29, 1.82) is 0 Å². The summed E-state index contributed by atoms with van der Waals surface area (Å²) in [6.45, 7) is 0.821. The lowest BCUT2D eigenvalue weighted by Gasteiger charge is -2.46. The van der Waals surface area contributed by atoms with Gasteiger partial charge in [0.05, 0.1) is 0 Å². The number of nitrogens with one attached hydrogen (secondary N) is 2. The summed E-state index contributed by atoms with van der Waals surface area (Å²) in [4.78, 5) is 40.2. The first-order valence-corrected chi connectivity index (χ1v) is 11.8. The minimum atomic E-state index is -0.508. The van der Waals surface area contributed by atoms with Gasteiger partial charge in [0.2, 0.25) is 0 Å². The average Bonchev–Trinajstić information content (AvgIpc) is 3.14. The molecule has 4 amide bonds. The van der Waals surface area contributed by atoms with Crippen LogP contribution < -0.4 is 10.6 Å². The van der Waals surface area contributed by atoms with E-state index in [0.717, 1.165) is 32.2 Å². The fourth-order valence-electron chi connectivity index (χ4n) is 6.98. The maximum Gasteiger partial charge on any atom is 0.331 e. The number of nitrogens with zero attached hydrogens (tertiary/aromatic N) is 1. The van der Waals surface area contributed by atoms with E-state index in [1.807, 2.05) is 6.08 Å². The van der Waals surface area contributed by atoms with Crippen molar-refractivity contribution in [1.82, 2.24) is 15.5 Å². The lowest BCUT2D eigenvalue weighted by atomic mass is 9.68. The van der Waals surface area contributed by atoms with Gasteiger partial charge in [-0.1, -0.05) is 51.0 Å². The molecule has 3 aliphatic carbocycles. The molecule has 6 atom stereocenters. The highest BCUT2D eigenvalue weighted by Gasteiger charge is 2.47. The zero-order valence-corrected chi connectivity index (χ0v) is 17.2. The molecule has 5 rings (SSSR count). The van der Waals surface area contributed by atoms with E-state index in [1.165, 1.54) is 49.8 Å². The van der Waals surface area contributed by atoms with Gasteiger partial charge in [-0.15, -0.1) is 0 Å². The maximum absolute atomic E-state index is 13.4. The maximum atomic E-state index is 13.4. The summed E-state index contributed by atoms with van der Waals surface area (Å²) in [5, 5.41) is 6.07. The van der Waals surface area contributed by atoms with Crippen molar-refractivity contribution in [2.24, 2.45) is 23.7 Å². The quantitative estimate of drug-likeness (QED) is 0.552. The molecule has 3 saturated carbocycles. The van der Waals surface area contributed by atoms with E-state index >= 15 is 0 Å². The van der Waals surface area contributed by atoms with E-state index in [2.05, 4.69) is 10.6 Å². The number of hydrogen-bond acceptors (Lipinski definition) is 4. The van der Waals surface area contributed by atoms with Crippen molar-refractivity contribution in [3.05, 3.63) is 11.6 Å². The summed E-state index contributed by atoms with van der Waals surface area (Å²) < 4.78 is 0. The molecule has 29 heavy (non-hydrogen) atoms. The molecule has 2 aliphatic heterocycles. The largest absolute Gasteiger partial charge is 0.331 e. The zero-order chi connectivity index (χ0) is 20.0. The highest BCUT2D eigenvalue weighted by atomic mass is 16.2. The number of fused-ring (bicyclic) bond motifs is 2. The molecular formula is C23H33N3O3. The third-order valence-electron chi connectivity index (χ3n) is 8.37. The molecule has 6 heteroatoms. The Morgan fingerprint density at radius 2 is 1.55 bits per heavy atom. The standard InChI is InChI=1S/C23H33N3O3/c27-21-18(12-15-13-24-19-10-4-3-8-16(15)19)22(28)26(23(29)25-21)20-11-5-7-14-6-1-2-9-17(14)20/h12,14-17,19-20,24H,1-11,13H2,(H,25,27,29)/b18-12+. The highest BCUT2D eigenvalue weighted by Crippen LogP contribution is 2.43. The summed E-state index contributed by atoms with van der Waals surface area (Å²) in [5.74, 6) is 0.864. The number of rotatable bonds is 2. The fourth-order valence-corrected chi connectivity index (χ4v) is 6.98. The van der Waals surface area contributed by atoms with E-state index in [4.69, 9.17) is 0 Å². The van der Waals surface area contributed by atoms with Crippen LogP contribution in [0.15, 0.2) is 11.6 Å². The molecule has 0 spiro atoms. The molecule has 6 nitrogen and oxygen atoms in total. The van der Waals surface area contributed by atoms with Crippen LogP contribution in [0.4, 0.5) is 4.79 Å². The lowest BCUT2D eigenvalue weighted by molar-refractivity contribution is -0.133. The predicted molar refractivity (Wildman–Crippen MR) is 109 cm³/mol. The summed E-state index contributed by atoms with van der Waals surface area (Å²) in [6, 6.07) is -0.0536. The number of amides is 4. The topological polar surface area (TPSA) is 78.5 Å². The summed E-state index contributed by atoms with van der Waals surface area (Å²) in [6.07, 6.45) is 14.6. The van der Waals surface area contributed by atoms with Crippen LogP contribution in [-0.4, -0.2) is 41.4 Å². The van der Waals surface area contributed by atoms with Gasteiger partial charge in [0.1, 0.15) is 5.57 Å². The Labute approximate surface area is 172 Å². The van der Waals surface area contributed by atoms with Crippen molar-refractivity contribution in [2.45, 2.75) is 82.7 Å². The highest BCUT2D eigenvalue weighted by molar-refractivity contribution is 6.28. The molecule has 2 N–H and O–H groups in total. The van der Waals surface area contributed by atoms with Gasteiger partial charge in [0.25, 0.3) is 11.8 Å². The first-order valence-electron chi connectivity index (χ1n) is 11.8. The van der Waals surface area contributed by atoms with Crippen molar-refractivity contribution >= 4 is 17.8 Å². The van der Waals surface area contributed by atoms with Crippen LogP contribution in [0.5, 0.6) is 0 Å². The Bertz CT molecular complexity index is 731. The third-order valence-corrected chi connectivity index (χ3v) is 8.37. The third kappa shape index (κ3) is 3.43. The van der Waals surface area contributed by atoms with Gasteiger partial charge in [-0.25, -0.2) is 4.79 Å². The molecule has 0 bridgehead atoms. The summed E-state index contributed by atoms with van der Waals surface area (Å²) >= 11 is 0. The fraction of sp³-hybridized carbons (Fsp3) is 0.783. The second-order valence-corrected chi connectivity index (χ2v) is 9.85. The number of barbiturate groups is 1. The Morgan fingerprint density at radius 1 is 0.828 bits per heavy atom. The molecule has 5 fully saturated rings. The van der Waals surface area contributed by atoms with Gasteiger partial charge >= 0.3 is 6.03 Å². The minimum absolute atomic E-state index is 0.0535. The van der Waals surface area contributed by atoms with E-state index in [0.29, 0.717) is 23.8 Å². The minimum Gasteiger partial charge on any atom is -0.313 e. The van der Waals surface area contributed by atoms with Gasteiger partial charge in [0, 0.05) is 18.6 Å². The molecule has 0 aromatic heterocycles. The van der Waals surface area contributed by atoms with E-state index in [-0.39, 0.29) is 23.4 Å². The van der Waals surface area contributed by atoms with Crippen molar-refractivity contribution in [3.63, 3.8) is 0 Å². The van der Waals surface area contributed by atoms with E-state index in [9.17, 15) is 14.4 Å². The van der Waals surface area contributed by atoms with Crippen LogP contribution in [0.3, 0.4) is 0 Å². The van der Waals surface area contributed by atoms with Crippen LogP contribution >= 0.6 is 0 Å². The average molecular weight is 400 g/mol. The smallest absolute Gasteiger partial charge is 0.313 e. The lowest BCUT2D eigenvalue weighted by Crippen LogP contribution is -2.61. The molecule has 5 aliphatic rings.